The minimum absolute atomic E-state index is 0.0445. The van der Waals surface area contributed by atoms with Crippen LogP contribution in [0.1, 0.15) is 45.7 Å². The van der Waals surface area contributed by atoms with Gasteiger partial charge in [-0.05, 0) is 66.8 Å². The van der Waals surface area contributed by atoms with Crippen LogP contribution in [0.25, 0.3) is 10.8 Å². The van der Waals surface area contributed by atoms with Crippen LogP contribution >= 0.6 is 0 Å². The predicted molar refractivity (Wildman–Crippen MR) is 136 cm³/mol. The number of carbonyl (C=O) groups is 2. The van der Waals surface area contributed by atoms with Gasteiger partial charge in [-0.15, -0.1) is 0 Å². The number of amides is 2. The van der Waals surface area contributed by atoms with Crippen molar-refractivity contribution in [3.63, 3.8) is 0 Å². The zero-order valence-electron chi connectivity index (χ0n) is 19.9. The maximum Gasteiger partial charge on any atom is 0.276 e. The zero-order valence-corrected chi connectivity index (χ0v) is 19.9. The summed E-state index contributed by atoms with van der Waals surface area (Å²) in [5.41, 5.74) is 2.66. The maximum atomic E-state index is 13.5. The lowest BCUT2D eigenvalue weighted by atomic mass is 9.91. The molecule has 0 spiro atoms. The predicted octanol–water partition coefficient (Wildman–Crippen LogP) is 4.71. The molecule has 178 valence electrons. The van der Waals surface area contributed by atoms with Gasteiger partial charge in [0.15, 0.2) is 5.69 Å². The molecule has 1 saturated heterocycles. The van der Waals surface area contributed by atoms with Crippen molar-refractivity contribution in [2.45, 2.75) is 25.7 Å². The Hall–Kier alpha value is -4.00. The molecule has 3 heterocycles. The third-order valence-electron chi connectivity index (χ3n) is 6.77. The lowest BCUT2D eigenvalue weighted by Crippen LogP contribution is -2.33. The van der Waals surface area contributed by atoms with Gasteiger partial charge in [-0.25, -0.2) is 0 Å². The lowest BCUT2D eigenvalue weighted by molar-refractivity contribution is 0.0761. The van der Waals surface area contributed by atoms with Crippen LogP contribution in [0.5, 0.6) is 0 Å². The van der Waals surface area contributed by atoms with Gasteiger partial charge in [0.2, 0.25) is 0 Å². The number of carbonyl (C=O) groups excluding carboxylic acids is 2. The van der Waals surface area contributed by atoms with Gasteiger partial charge in [-0.1, -0.05) is 30.3 Å². The number of likely N-dealkylation sites (tertiary alicyclic amines) is 1. The molecular weight excluding hydrogens is 438 g/mol. The molecule has 1 aliphatic rings. The van der Waals surface area contributed by atoms with Crippen molar-refractivity contribution >= 4 is 28.3 Å². The van der Waals surface area contributed by atoms with E-state index in [4.69, 9.17) is 0 Å². The van der Waals surface area contributed by atoms with E-state index in [1.165, 1.54) is 16.3 Å². The highest BCUT2D eigenvalue weighted by Gasteiger charge is 2.24. The minimum Gasteiger partial charge on any atom is -0.339 e. The average Bonchev–Trinajstić information content (AvgIpc) is 3.18. The molecule has 7 nitrogen and oxygen atoms in total. The standard InChI is InChI=1S/C28H29N5O2/c1-32-16-13-26(31-32)27(34)30-25-10-3-2-9-23(25)28(35)33-15-5-6-20(12-17-33)18-22-8-4-7-21-11-14-29-19-24(21)22/h2-4,7-11,13-14,16,19-20H,5-6,12,15,17-18H2,1H3,(H,30,34)/t20-/m1/s1. The first-order valence-corrected chi connectivity index (χ1v) is 12.1. The summed E-state index contributed by atoms with van der Waals surface area (Å²) < 4.78 is 1.58. The smallest absolute Gasteiger partial charge is 0.276 e. The molecule has 35 heavy (non-hydrogen) atoms. The van der Waals surface area contributed by atoms with Crippen LogP contribution in [0.3, 0.4) is 0 Å². The van der Waals surface area contributed by atoms with Crippen molar-refractivity contribution in [1.29, 1.82) is 0 Å². The Morgan fingerprint density at radius 3 is 2.77 bits per heavy atom. The summed E-state index contributed by atoms with van der Waals surface area (Å²) in [5.74, 6) is 0.140. The van der Waals surface area contributed by atoms with Crippen LogP contribution in [-0.4, -0.2) is 44.6 Å². The molecule has 2 amide bonds. The Bertz CT molecular complexity index is 1360. The molecule has 2 aromatic heterocycles. The SMILES string of the molecule is Cn1ccc(C(=O)Nc2ccccc2C(=O)N2CCC[C@@H](Cc3cccc4ccncc34)CC2)n1. The highest BCUT2D eigenvalue weighted by molar-refractivity contribution is 6.08. The number of para-hydroxylation sites is 1. The Balaban J connectivity index is 1.27. The number of fused-ring (bicyclic) bond motifs is 1. The number of benzene rings is 2. The van der Waals surface area contributed by atoms with Crippen LogP contribution in [0.4, 0.5) is 5.69 Å². The van der Waals surface area contributed by atoms with E-state index in [0.29, 0.717) is 29.4 Å². The fraction of sp³-hybridized carbons (Fsp3) is 0.286. The Morgan fingerprint density at radius 2 is 1.91 bits per heavy atom. The van der Waals surface area contributed by atoms with Gasteiger partial charge in [0, 0.05) is 44.1 Å². The number of hydrogen-bond donors (Lipinski definition) is 1. The van der Waals surface area contributed by atoms with Crippen LogP contribution < -0.4 is 5.32 Å². The molecule has 0 unspecified atom stereocenters. The molecule has 1 aliphatic heterocycles. The molecule has 5 rings (SSSR count). The van der Waals surface area contributed by atoms with Gasteiger partial charge in [0.25, 0.3) is 11.8 Å². The third-order valence-corrected chi connectivity index (χ3v) is 6.77. The molecule has 0 radical (unpaired) electrons. The molecule has 0 bridgehead atoms. The molecular formula is C28H29N5O2. The van der Waals surface area contributed by atoms with E-state index >= 15 is 0 Å². The largest absolute Gasteiger partial charge is 0.339 e. The molecule has 0 saturated carbocycles. The van der Waals surface area contributed by atoms with E-state index in [9.17, 15) is 9.59 Å². The van der Waals surface area contributed by atoms with Crippen molar-refractivity contribution in [1.82, 2.24) is 19.7 Å². The Kier molecular flexibility index (Phi) is 6.57. The monoisotopic (exact) mass is 467 g/mol. The van der Waals surface area contributed by atoms with E-state index in [-0.39, 0.29) is 11.8 Å². The van der Waals surface area contributed by atoms with E-state index in [1.807, 2.05) is 29.4 Å². The van der Waals surface area contributed by atoms with Crippen LogP contribution in [0.2, 0.25) is 0 Å². The zero-order chi connectivity index (χ0) is 24.2. The summed E-state index contributed by atoms with van der Waals surface area (Å²) in [6.45, 7) is 1.42. The fourth-order valence-corrected chi connectivity index (χ4v) is 4.91. The first-order chi connectivity index (χ1) is 17.1. The topological polar surface area (TPSA) is 80.1 Å². The third kappa shape index (κ3) is 5.09. The summed E-state index contributed by atoms with van der Waals surface area (Å²) in [5, 5.41) is 9.44. The lowest BCUT2D eigenvalue weighted by Gasteiger charge is -2.22. The highest BCUT2D eigenvalue weighted by atomic mass is 16.2. The molecule has 7 heteroatoms. The number of aromatic nitrogens is 3. The van der Waals surface area contributed by atoms with E-state index in [1.54, 1.807) is 36.1 Å². The van der Waals surface area contributed by atoms with Crippen LogP contribution in [0, 0.1) is 5.92 Å². The summed E-state index contributed by atoms with van der Waals surface area (Å²) in [7, 11) is 1.76. The number of anilines is 1. The van der Waals surface area contributed by atoms with Crippen molar-refractivity contribution in [3.05, 3.63) is 90.0 Å². The Morgan fingerprint density at radius 1 is 1.03 bits per heavy atom. The molecule has 1 N–H and O–H groups in total. The first kappa shape index (κ1) is 22.8. The van der Waals surface area contributed by atoms with Crippen molar-refractivity contribution in [2.75, 3.05) is 18.4 Å². The second kappa shape index (κ2) is 10.1. The average molecular weight is 468 g/mol. The van der Waals surface area contributed by atoms with Crippen molar-refractivity contribution in [2.24, 2.45) is 13.0 Å². The number of hydrogen-bond acceptors (Lipinski definition) is 4. The number of nitrogens with zero attached hydrogens (tertiary/aromatic N) is 4. The summed E-state index contributed by atoms with van der Waals surface area (Å²) >= 11 is 0. The highest BCUT2D eigenvalue weighted by Crippen LogP contribution is 2.27. The quantitative estimate of drug-likeness (QED) is 0.461. The number of rotatable bonds is 5. The van der Waals surface area contributed by atoms with E-state index in [0.717, 1.165) is 32.2 Å². The van der Waals surface area contributed by atoms with Crippen LogP contribution in [0.15, 0.2) is 73.2 Å². The summed E-state index contributed by atoms with van der Waals surface area (Å²) in [6, 6.07) is 17.3. The van der Waals surface area contributed by atoms with E-state index in [2.05, 4.69) is 39.7 Å². The number of pyridine rings is 1. The number of nitrogens with one attached hydrogen (secondary N) is 1. The van der Waals surface area contributed by atoms with Gasteiger partial charge in [0.05, 0.1) is 11.3 Å². The number of aryl methyl sites for hydroxylation is 1. The van der Waals surface area contributed by atoms with Gasteiger partial charge in [0.1, 0.15) is 0 Å². The minimum atomic E-state index is -0.327. The van der Waals surface area contributed by atoms with Gasteiger partial charge >= 0.3 is 0 Å². The van der Waals surface area contributed by atoms with Crippen molar-refractivity contribution in [3.8, 4) is 0 Å². The maximum absolute atomic E-state index is 13.5. The van der Waals surface area contributed by atoms with Gasteiger partial charge < -0.3 is 10.2 Å². The van der Waals surface area contributed by atoms with Gasteiger partial charge in [-0.3, -0.25) is 19.3 Å². The molecule has 1 atom stereocenters. The summed E-state index contributed by atoms with van der Waals surface area (Å²) in [6.07, 6.45) is 9.48. The first-order valence-electron chi connectivity index (χ1n) is 12.1. The van der Waals surface area contributed by atoms with Gasteiger partial charge in [-0.2, -0.15) is 5.10 Å². The second-order valence-electron chi connectivity index (χ2n) is 9.18. The fourth-order valence-electron chi connectivity index (χ4n) is 4.91. The molecule has 1 fully saturated rings. The second-order valence-corrected chi connectivity index (χ2v) is 9.18. The molecule has 0 aliphatic carbocycles. The Labute approximate surface area is 204 Å². The van der Waals surface area contributed by atoms with E-state index < -0.39 is 0 Å². The molecule has 2 aromatic carbocycles. The molecule has 4 aromatic rings. The van der Waals surface area contributed by atoms with Crippen LogP contribution in [-0.2, 0) is 13.5 Å². The normalized spacial score (nSPS) is 16.1. The van der Waals surface area contributed by atoms with Crippen molar-refractivity contribution < 1.29 is 9.59 Å². The summed E-state index contributed by atoms with van der Waals surface area (Å²) in [4.78, 5) is 32.4.